The summed E-state index contributed by atoms with van der Waals surface area (Å²) in [6, 6.07) is 0. The monoisotopic (exact) mass is 138 g/mol. The van der Waals surface area contributed by atoms with Gasteiger partial charge in [0, 0.05) is 6.92 Å². The number of alkyl halides is 2. The fourth-order valence-electron chi connectivity index (χ4n) is 0.310. The number of thiocarbonyl (C=S) groups is 1. The van der Waals surface area contributed by atoms with Crippen molar-refractivity contribution in [3.63, 3.8) is 0 Å². The van der Waals surface area contributed by atoms with Crippen molar-refractivity contribution in [1.82, 2.24) is 0 Å². The van der Waals surface area contributed by atoms with Gasteiger partial charge in [0.1, 0.15) is 0 Å². The summed E-state index contributed by atoms with van der Waals surface area (Å²) in [7, 11) is 0. The first-order valence-electron chi connectivity index (χ1n) is 2.39. The van der Waals surface area contributed by atoms with Crippen molar-refractivity contribution < 1.29 is 8.78 Å². The zero-order valence-corrected chi connectivity index (χ0v) is 5.69. The smallest absolute Gasteiger partial charge is 0.201 e. The predicted molar refractivity (Wildman–Crippen MR) is 33.5 cm³/mol. The lowest BCUT2D eigenvalue weighted by molar-refractivity contribution is 0.101. The molecule has 0 radical (unpaired) electrons. The Labute approximate surface area is 52.9 Å². The van der Waals surface area contributed by atoms with Gasteiger partial charge in [0.2, 0.25) is 0 Å². The van der Waals surface area contributed by atoms with E-state index in [0.717, 1.165) is 6.92 Å². The van der Waals surface area contributed by atoms with Gasteiger partial charge in [0.05, 0.1) is 4.86 Å². The van der Waals surface area contributed by atoms with Crippen LogP contribution in [0.4, 0.5) is 8.78 Å². The van der Waals surface area contributed by atoms with E-state index in [1.54, 1.807) is 6.92 Å². The topological polar surface area (TPSA) is 0 Å². The Kier molecular flexibility index (Phi) is 2.47. The molecule has 0 aromatic carbocycles. The van der Waals surface area contributed by atoms with Crippen molar-refractivity contribution in [3.8, 4) is 0 Å². The van der Waals surface area contributed by atoms with Crippen molar-refractivity contribution in [3.05, 3.63) is 0 Å². The zero-order valence-electron chi connectivity index (χ0n) is 4.87. The fourth-order valence-corrected chi connectivity index (χ4v) is 0.310. The predicted octanol–water partition coefficient (Wildman–Crippen LogP) is 2.42. The van der Waals surface area contributed by atoms with Gasteiger partial charge in [-0.05, 0) is 6.42 Å². The summed E-state index contributed by atoms with van der Waals surface area (Å²) in [5.74, 6) is -2.76. The van der Waals surface area contributed by atoms with Gasteiger partial charge in [-0.2, -0.15) is 0 Å². The van der Waals surface area contributed by atoms with E-state index in [1.165, 1.54) is 0 Å². The molecule has 0 aliphatic carbocycles. The molecule has 0 bridgehead atoms. The third-order valence-electron chi connectivity index (χ3n) is 0.811. The lowest BCUT2D eigenvalue weighted by Gasteiger charge is -2.07. The van der Waals surface area contributed by atoms with Crippen LogP contribution in [0.1, 0.15) is 20.3 Å². The van der Waals surface area contributed by atoms with Crippen molar-refractivity contribution in [2.24, 2.45) is 0 Å². The number of hydrogen-bond donors (Lipinski definition) is 0. The third-order valence-corrected chi connectivity index (χ3v) is 1.46. The quantitative estimate of drug-likeness (QED) is 0.528. The molecular formula is C5H8F2S. The van der Waals surface area contributed by atoms with E-state index < -0.39 is 5.92 Å². The largest absolute Gasteiger partial charge is 0.276 e. The van der Waals surface area contributed by atoms with Crippen LogP contribution in [0.5, 0.6) is 0 Å². The van der Waals surface area contributed by atoms with Crippen LogP contribution in [0.3, 0.4) is 0 Å². The van der Waals surface area contributed by atoms with E-state index >= 15 is 0 Å². The first-order chi connectivity index (χ1) is 3.48. The number of halogens is 2. The molecular weight excluding hydrogens is 130 g/mol. The van der Waals surface area contributed by atoms with Gasteiger partial charge >= 0.3 is 0 Å². The Morgan fingerprint density at radius 2 is 2.00 bits per heavy atom. The first-order valence-corrected chi connectivity index (χ1v) is 2.80. The van der Waals surface area contributed by atoms with Crippen molar-refractivity contribution in [2.45, 2.75) is 26.2 Å². The van der Waals surface area contributed by atoms with E-state index in [2.05, 4.69) is 12.2 Å². The maximum absolute atomic E-state index is 12.0. The molecule has 0 amide bonds. The molecule has 0 N–H and O–H groups in total. The maximum Gasteiger partial charge on any atom is 0.276 e. The summed E-state index contributed by atoms with van der Waals surface area (Å²) >= 11 is 4.34. The number of rotatable bonds is 2. The van der Waals surface area contributed by atoms with Gasteiger partial charge in [0.15, 0.2) is 0 Å². The van der Waals surface area contributed by atoms with E-state index in [9.17, 15) is 8.78 Å². The van der Waals surface area contributed by atoms with Crippen molar-refractivity contribution >= 4 is 17.1 Å². The van der Waals surface area contributed by atoms with Gasteiger partial charge in [-0.1, -0.05) is 19.1 Å². The van der Waals surface area contributed by atoms with Crippen LogP contribution in [0.2, 0.25) is 0 Å². The maximum atomic E-state index is 12.0. The highest BCUT2D eigenvalue weighted by Crippen LogP contribution is 2.15. The fraction of sp³-hybridized carbons (Fsp3) is 0.800. The van der Waals surface area contributed by atoms with Crippen LogP contribution in [0.25, 0.3) is 0 Å². The van der Waals surface area contributed by atoms with Gasteiger partial charge < -0.3 is 0 Å². The molecule has 0 aliphatic heterocycles. The summed E-state index contributed by atoms with van der Waals surface area (Å²) in [6.45, 7) is 2.44. The minimum Gasteiger partial charge on any atom is -0.201 e. The normalized spacial score (nSPS) is 11.5. The molecule has 0 saturated heterocycles. The second kappa shape index (κ2) is 2.49. The molecule has 3 heteroatoms. The molecule has 0 aromatic heterocycles. The second-order valence-electron chi connectivity index (χ2n) is 1.67. The Morgan fingerprint density at radius 3 is 2.00 bits per heavy atom. The SMILES string of the molecule is CCC(=S)C(C)(F)F. The molecule has 48 valence electrons. The molecule has 0 aromatic rings. The lowest BCUT2D eigenvalue weighted by Crippen LogP contribution is -2.20. The minimum atomic E-state index is -2.76. The van der Waals surface area contributed by atoms with Crippen molar-refractivity contribution in [1.29, 1.82) is 0 Å². The van der Waals surface area contributed by atoms with Crippen LogP contribution in [-0.2, 0) is 0 Å². The van der Waals surface area contributed by atoms with E-state index in [1.807, 2.05) is 0 Å². The highest BCUT2D eigenvalue weighted by Gasteiger charge is 2.25. The van der Waals surface area contributed by atoms with Gasteiger partial charge in [-0.25, -0.2) is 8.78 Å². The van der Waals surface area contributed by atoms with Crippen LogP contribution < -0.4 is 0 Å². The highest BCUT2D eigenvalue weighted by molar-refractivity contribution is 7.80. The summed E-state index contributed by atoms with van der Waals surface area (Å²) in [5, 5.41) is 0. The van der Waals surface area contributed by atoms with Gasteiger partial charge in [0.25, 0.3) is 5.92 Å². The van der Waals surface area contributed by atoms with Crippen LogP contribution in [0.15, 0.2) is 0 Å². The molecule has 0 fully saturated rings. The Bertz CT molecular complexity index is 93.1. The molecule has 0 nitrogen and oxygen atoms in total. The molecule has 0 aliphatic rings. The molecule has 0 rings (SSSR count). The Morgan fingerprint density at radius 1 is 1.62 bits per heavy atom. The summed E-state index contributed by atoms with van der Waals surface area (Å²) in [6.07, 6.45) is 0.277. The summed E-state index contributed by atoms with van der Waals surface area (Å²) in [4.78, 5) is -0.169. The average Bonchev–Trinajstić information content (AvgIpc) is 1.62. The van der Waals surface area contributed by atoms with Crippen LogP contribution in [0, 0.1) is 0 Å². The highest BCUT2D eigenvalue weighted by atomic mass is 32.1. The van der Waals surface area contributed by atoms with Crippen molar-refractivity contribution in [2.75, 3.05) is 0 Å². The molecule has 0 atom stereocenters. The average molecular weight is 138 g/mol. The zero-order chi connectivity index (χ0) is 6.78. The molecule has 0 spiro atoms. The second-order valence-corrected chi connectivity index (χ2v) is 2.16. The minimum absolute atomic E-state index is 0.169. The molecule has 8 heavy (non-hydrogen) atoms. The summed E-state index contributed by atoms with van der Waals surface area (Å²) in [5.41, 5.74) is 0. The molecule has 0 heterocycles. The van der Waals surface area contributed by atoms with E-state index in [0.29, 0.717) is 0 Å². The lowest BCUT2D eigenvalue weighted by atomic mass is 10.2. The Balaban J connectivity index is 3.82. The van der Waals surface area contributed by atoms with Gasteiger partial charge in [-0.15, -0.1) is 0 Å². The van der Waals surface area contributed by atoms with Crippen LogP contribution in [-0.4, -0.2) is 10.8 Å². The standard InChI is InChI=1S/C5H8F2S/c1-3-4(8)5(2,6)7/h3H2,1-2H3. The number of hydrogen-bond acceptors (Lipinski definition) is 1. The molecule has 0 unspecified atom stereocenters. The van der Waals surface area contributed by atoms with E-state index in [-0.39, 0.29) is 11.3 Å². The summed E-state index contributed by atoms with van der Waals surface area (Å²) < 4.78 is 23.9. The van der Waals surface area contributed by atoms with Crippen LogP contribution >= 0.6 is 12.2 Å². The third kappa shape index (κ3) is 2.31. The Hall–Kier alpha value is -0.0500. The van der Waals surface area contributed by atoms with Gasteiger partial charge in [-0.3, -0.25) is 0 Å². The van der Waals surface area contributed by atoms with E-state index in [4.69, 9.17) is 0 Å². The molecule has 0 saturated carbocycles. The first kappa shape index (κ1) is 7.95.